The number of rotatable bonds is 5. The monoisotopic (exact) mass is 341 g/mol. The van der Waals surface area contributed by atoms with Gasteiger partial charge in [-0.2, -0.15) is 5.26 Å². The number of aromatic nitrogens is 3. The minimum absolute atomic E-state index is 0.0748. The minimum Gasteiger partial charge on any atom is -0.470 e. The summed E-state index contributed by atoms with van der Waals surface area (Å²) in [6.07, 6.45) is 4.49. The molecule has 2 aromatic rings. The smallest absolute Gasteiger partial charge is 0.251 e. The van der Waals surface area contributed by atoms with Crippen molar-refractivity contribution in [3.8, 4) is 11.9 Å². The van der Waals surface area contributed by atoms with Crippen LogP contribution in [0.25, 0.3) is 0 Å². The maximum Gasteiger partial charge on any atom is 0.251 e. The van der Waals surface area contributed by atoms with Gasteiger partial charge in [-0.3, -0.25) is 4.79 Å². The zero-order chi connectivity index (χ0) is 17.8. The molecule has 0 saturated carbocycles. The average Bonchev–Trinajstić information content (AvgIpc) is 3.21. The molecule has 1 fully saturated rings. The van der Waals surface area contributed by atoms with E-state index in [1.807, 2.05) is 19.9 Å². The number of carbonyl (C=O) groups is 1. The molecule has 1 amide bonds. The lowest BCUT2D eigenvalue weighted by Gasteiger charge is -2.17. The highest BCUT2D eigenvalue weighted by molar-refractivity contribution is 5.76. The summed E-state index contributed by atoms with van der Waals surface area (Å²) in [6.45, 7) is 4.85. The third-order valence-corrected chi connectivity index (χ3v) is 4.32. The van der Waals surface area contributed by atoms with Gasteiger partial charge in [0.2, 0.25) is 11.6 Å². The van der Waals surface area contributed by atoms with Gasteiger partial charge in [0.1, 0.15) is 17.9 Å². The molecule has 25 heavy (non-hydrogen) atoms. The number of carbonyl (C=O) groups excluding carboxylic acids is 1. The maximum absolute atomic E-state index is 12.4. The van der Waals surface area contributed by atoms with E-state index in [4.69, 9.17) is 14.5 Å². The molecule has 1 saturated heterocycles. The van der Waals surface area contributed by atoms with E-state index in [9.17, 15) is 4.79 Å². The molecule has 1 atom stereocenters. The van der Waals surface area contributed by atoms with Crippen LogP contribution < -0.4 is 4.74 Å². The summed E-state index contributed by atoms with van der Waals surface area (Å²) < 4.78 is 10.9. The van der Waals surface area contributed by atoms with Gasteiger partial charge in [0.05, 0.1) is 12.2 Å². The highest BCUT2D eigenvalue weighted by Gasteiger charge is 2.28. The quantitative estimate of drug-likeness (QED) is 0.812. The first kappa shape index (κ1) is 16.9. The fourth-order valence-electron chi connectivity index (χ4n) is 2.95. The van der Waals surface area contributed by atoms with Gasteiger partial charge >= 0.3 is 0 Å². The van der Waals surface area contributed by atoms with Gasteiger partial charge in [0.25, 0.3) is 5.88 Å². The number of ether oxygens (including phenoxy) is 1. The van der Waals surface area contributed by atoms with Gasteiger partial charge in [-0.05, 0) is 20.3 Å². The Morgan fingerprint density at radius 2 is 2.24 bits per heavy atom. The van der Waals surface area contributed by atoms with E-state index >= 15 is 0 Å². The van der Waals surface area contributed by atoms with Gasteiger partial charge in [-0.15, -0.1) is 0 Å². The van der Waals surface area contributed by atoms with E-state index in [0.29, 0.717) is 32.4 Å². The largest absolute Gasteiger partial charge is 0.470 e. The Kier molecular flexibility index (Phi) is 4.93. The Hall–Kier alpha value is -2.95. The summed E-state index contributed by atoms with van der Waals surface area (Å²) in [7, 11) is 0. The third kappa shape index (κ3) is 3.76. The Bertz CT molecular complexity index is 791. The predicted molar refractivity (Wildman–Crippen MR) is 86.7 cm³/mol. The fourth-order valence-corrected chi connectivity index (χ4v) is 2.95. The molecule has 1 unspecified atom stereocenters. The average molecular weight is 341 g/mol. The van der Waals surface area contributed by atoms with Crippen LogP contribution in [-0.4, -0.2) is 45.1 Å². The summed E-state index contributed by atoms with van der Waals surface area (Å²) in [4.78, 5) is 22.2. The molecule has 3 heterocycles. The first-order valence-corrected chi connectivity index (χ1v) is 8.15. The van der Waals surface area contributed by atoms with Crippen molar-refractivity contribution in [3.05, 3.63) is 35.1 Å². The molecule has 8 nitrogen and oxygen atoms in total. The van der Waals surface area contributed by atoms with Crippen LogP contribution in [0.5, 0.6) is 5.88 Å². The van der Waals surface area contributed by atoms with E-state index in [0.717, 1.165) is 17.0 Å². The van der Waals surface area contributed by atoms with Crippen molar-refractivity contribution in [1.29, 1.82) is 5.26 Å². The number of aryl methyl sites for hydroxylation is 2. The highest BCUT2D eigenvalue weighted by Crippen LogP contribution is 2.20. The molecule has 0 aliphatic carbocycles. The van der Waals surface area contributed by atoms with Crippen LogP contribution in [0, 0.1) is 25.2 Å². The molecule has 0 radical (unpaired) electrons. The second-order valence-corrected chi connectivity index (χ2v) is 5.99. The second kappa shape index (κ2) is 7.30. The lowest BCUT2D eigenvalue weighted by Crippen LogP contribution is -2.31. The Balaban J connectivity index is 1.54. The SMILES string of the molecule is Cc1noc(C)c1CCC(=O)N1CCC(Oc2nccnc2C#N)C1. The minimum atomic E-state index is -0.174. The molecule has 130 valence electrons. The topological polar surface area (TPSA) is 105 Å². The standard InChI is InChI=1S/C17H19N5O3/c1-11-14(12(2)25-21-11)3-4-16(23)22-8-5-13(10-22)24-17-15(9-18)19-6-7-20-17/h6-7,13H,3-5,8,10H2,1-2H3. The van der Waals surface area contributed by atoms with Crippen molar-refractivity contribution < 1.29 is 14.1 Å². The second-order valence-electron chi connectivity index (χ2n) is 5.99. The molecule has 0 N–H and O–H groups in total. The number of nitriles is 1. The van der Waals surface area contributed by atoms with Gasteiger partial charge in [-0.25, -0.2) is 9.97 Å². The van der Waals surface area contributed by atoms with Crippen molar-refractivity contribution in [1.82, 2.24) is 20.0 Å². The fraction of sp³-hybridized carbons (Fsp3) is 0.471. The van der Waals surface area contributed by atoms with Crippen LogP contribution >= 0.6 is 0 Å². The summed E-state index contributed by atoms with van der Waals surface area (Å²) >= 11 is 0. The van der Waals surface area contributed by atoms with Crippen molar-refractivity contribution in [2.75, 3.05) is 13.1 Å². The van der Waals surface area contributed by atoms with E-state index in [-0.39, 0.29) is 23.6 Å². The summed E-state index contributed by atoms with van der Waals surface area (Å²) in [6, 6.07) is 1.96. The zero-order valence-electron chi connectivity index (χ0n) is 14.2. The predicted octanol–water partition coefficient (Wildman–Crippen LogP) is 1.57. The molecule has 3 rings (SSSR count). The number of hydrogen-bond acceptors (Lipinski definition) is 7. The molecular weight excluding hydrogens is 322 g/mol. The van der Waals surface area contributed by atoms with Crippen LogP contribution in [0.15, 0.2) is 16.9 Å². The maximum atomic E-state index is 12.4. The Labute approximate surface area is 145 Å². The van der Waals surface area contributed by atoms with Crippen LogP contribution in [0.2, 0.25) is 0 Å². The highest BCUT2D eigenvalue weighted by atomic mass is 16.5. The van der Waals surface area contributed by atoms with Crippen molar-refractivity contribution in [3.63, 3.8) is 0 Å². The zero-order valence-corrected chi connectivity index (χ0v) is 14.2. The van der Waals surface area contributed by atoms with E-state index in [1.165, 1.54) is 12.4 Å². The van der Waals surface area contributed by atoms with Crippen molar-refractivity contribution in [2.45, 2.75) is 39.2 Å². The Morgan fingerprint density at radius 3 is 2.96 bits per heavy atom. The van der Waals surface area contributed by atoms with Gasteiger partial charge in [-0.1, -0.05) is 5.16 Å². The molecule has 0 aromatic carbocycles. The molecule has 0 spiro atoms. The molecule has 0 bridgehead atoms. The van der Waals surface area contributed by atoms with Gasteiger partial charge < -0.3 is 14.2 Å². The summed E-state index contributed by atoms with van der Waals surface area (Å²) in [5.74, 6) is 1.06. The lowest BCUT2D eigenvalue weighted by atomic mass is 10.1. The number of hydrogen-bond donors (Lipinski definition) is 0. The molecule has 8 heteroatoms. The Morgan fingerprint density at radius 1 is 1.44 bits per heavy atom. The van der Waals surface area contributed by atoms with Crippen molar-refractivity contribution >= 4 is 5.91 Å². The first-order valence-electron chi connectivity index (χ1n) is 8.15. The lowest BCUT2D eigenvalue weighted by molar-refractivity contribution is -0.130. The summed E-state index contributed by atoms with van der Waals surface area (Å²) in [5.41, 5.74) is 1.99. The molecule has 2 aromatic heterocycles. The number of amides is 1. The number of likely N-dealkylation sites (tertiary alicyclic amines) is 1. The molecule has 1 aliphatic rings. The first-order chi connectivity index (χ1) is 12.1. The van der Waals surface area contributed by atoms with Gasteiger partial charge in [0.15, 0.2) is 0 Å². The third-order valence-electron chi connectivity index (χ3n) is 4.32. The number of nitrogens with zero attached hydrogens (tertiary/aromatic N) is 5. The summed E-state index contributed by atoms with van der Waals surface area (Å²) in [5, 5.41) is 12.9. The van der Waals surface area contributed by atoms with E-state index < -0.39 is 0 Å². The van der Waals surface area contributed by atoms with Crippen LogP contribution in [0.1, 0.15) is 35.6 Å². The van der Waals surface area contributed by atoms with Crippen LogP contribution in [0.4, 0.5) is 0 Å². The van der Waals surface area contributed by atoms with Crippen LogP contribution in [-0.2, 0) is 11.2 Å². The van der Waals surface area contributed by atoms with E-state index in [1.54, 1.807) is 4.90 Å². The molecule has 1 aliphatic heterocycles. The van der Waals surface area contributed by atoms with Crippen molar-refractivity contribution in [2.24, 2.45) is 0 Å². The molecular formula is C17H19N5O3. The normalized spacial score (nSPS) is 16.7. The van der Waals surface area contributed by atoms with Gasteiger partial charge in [0, 0.05) is 37.3 Å². The van der Waals surface area contributed by atoms with Crippen LogP contribution in [0.3, 0.4) is 0 Å². The van der Waals surface area contributed by atoms with E-state index in [2.05, 4.69) is 15.1 Å².